The van der Waals surface area contributed by atoms with Gasteiger partial charge in [-0.2, -0.15) is 0 Å². The van der Waals surface area contributed by atoms with E-state index in [0.29, 0.717) is 11.1 Å². The van der Waals surface area contributed by atoms with Gasteiger partial charge in [-0.25, -0.2) is 0 Å². The number of fused-ring (bicyclic) bond motifs is 3. The molecule has 5 rings (SSSR count). The molecule has 2 nitrogen and oxygen atoms in total. The summed E-state index contributed by atoms with van der Waals surface area (Å²) in [5.74, 6) is -0.381. The quantitative estimate of drug-likeness (QED) is 0.338. The fourth-order valence-electron chi connectivity index (χ4n) is 4.44. The van der Waals surface area contributed by atoms with Crippen molar-refractivity contribution in [1.29, 1.82) is 0 Å². The van der Waals surface area contributed by atoms with Crippen LogP contribution < -0.4 is 0 Å². The SMILES string of the molecule is O=C(c1ccccc1)C1(C(=O)c2ccccc2)c2ccccc2-c2ccccc21. The molecule has 2 heteroatoms. The van der Waals surface area contributed by atoms with Crippen LogP contribution in [-0.2, 0) is 5.41 Å². The average Bonchev–Trinajstić information content (AvgIpc) is 3.11. The summed E-state index contributed by atoms with van der Waals surface area (Å²) in [4.78, 5) is 28.2. The molecule has 138 valence electrons. The minimum Gasteiger partial charge on any atom is -0.292 e. The molecular formula is C27H18O2. The summed E-state index contributed by atoms with van der Waals surface area (Å²) in [5, 5.41) is 0. The predicted molar refractivity (Wildman–Crippen MR) is 114 cm³/mol. The highest BCUT2D eigenvalue weighted by Crippen LogP contribution is 2.51. The molecule has 0 saturated carbocycles. The predicted octanol–water partition coefficient (Wildman–Crippen LogP) is 5.72. The van der Waals surface area contributed by atoms with Crippen LogP contribution >= 0.6 is 0 Å². The second-order valence-corrected chi connectivity index (χ2v) is 7.23. The maximum atomic E-state index is 14.1. The van der Waals surface area contributed by atoms with E-state index in [9.17, 15) is 9.59 Å². The van der Waals surface area contributed by atoms with Gasteiger partial charge in [-0.3, -0.25) is 9.59 Å². The van der Waals surface area contributed by atoms with E-state index in [4.69, 9.17) is 0 Å². The number of carbonyl (C=O) groups is 2. The van der Waals surface area contributed by atoms with Crippen molar-refractivity contribution in [3.05, 3.63) is 131 Å². The number of benzene rings is 4. The van der Waals surface area contributed by atoms with Gasteiger partial charge in [0.15, 0.2) is 11.6 Å². The molecule has 0 bridgehead atoms. The first kappa shape index (κ1) is 17.3. The standard InChI is InChI=1S/C27H18O2/c28-25(19-11-3-1-4-12-19)27(26(29)20-13-5-2-6-14-20)23-17-9-7-15-21(23)22-16-8-10-18-24(22)27/h1-18H. The van der Waals surface area contributed by atoms with Crippen molar-refractivity contribution < 1.29 is 9.59 Å². The lowest BCUT2D eigenvalue weighted by atomic mass is 9.68. The fraction of sp³-hybridized carbons (Fsp3) is 0.0370. The Morgan fingerprint density at radius 2 is 0.793 bits per heavy atom. The van der Waals surface area contributed by atoms with Gasteiger partial charge in [-0.05, 0) is 22.3 Å². The Bertz CT molecular complexity index is 1120. The lowest BCUT2D eigenvalue weighted by Gasteiger charge is -2.29. The summed E-state index contributed by atoms with van der Waals surface area (Å²) in [6, 6.07) is 33.7. The van der Waals surface area contributed by atoms with Crippen LogP contribution in [0.1, 0.15) is 31.8 Å². The summed E-state index contributed by atoms with van der Waals surface area (Å²) < 4.78 is 0. The molecule has 0 unspecified atom stereocenters. The van der Waals surface area contributed by atoms with E-state index in [1.54, 1.807) is 24.3 Å². The Labute approximate surface area is 169 Å². The van der Waals surface area contributed by atoms with Gasteiger partial charge in [0.25, 0.3) is 0 Å². The Morgan fingerprint density at radius 3 is 1.21 bits per heavy atom. The van der Waals surface area contributed by atoms with Gasteiger partial charge in [0.05, 0.1) is 0 Å². The number of ketones is 2. The zero-order chi connectivity index (χ0) is 19.8. The highest BCUT2D eigenvalue weighted by molar-refractivity contribution is 6.29. The average molecular weight is 374 g/mol. The number of hydrogen-bond acceptors (Lipinski definition) is 2. The second-order valence-electron chi connectivity index (χ2n) is 7.23. The van der Waals surface area contributed by atoms with Crippen LogP contribution in [0, 0.1) is 0 Å². The van der Waals surface area contributed by atoms with Gasteiger partial charge in [0.1, 0.15) is 5.41 Å². The first-order chi connectivity index (χ1) is 14.2. The monoisotopic (exact) mass is 374 g/mol. The summed E-state index contributed by atoms with van der Waals surface area (Å²) in [6.07, 6.45) is 0. The molecule has 29 heavy (non-hydrogen) atoms. The van der Waals surface area contributed by atoms with Crippen LogP contribution in [0.2, 0.25) is 0 Å². The first-order valence-electron chi connectivity index (χ1n) is 9.63. The maximum absolute atomic E-state index is 14.1. The normalized spacial score (nSPS) is 13.4. The molecule has 0 aromatic heterocycles. The van der Waals surface area contributed by atoms with E-state index >= 15 is 0 Å². The van der Waals surface area contributed by atoms with E-state index in [1.165, 1.54) is 0 Å². The topological polar surface area (TPSA) is 34.1 Å². The van der Waals surface area contributed by atoms with Gasteiger partial charge in [0, 0.05) is 11.1 Å². The van der Waals surface area contributed by atoms with E-state index in [0.717, 1.165) is 22.3 Å². The second kappa shape index (κ2) is 6.68. The molecule has 0 N–H and O–H groups in total. The molecule has 1 aliphatic rings. The minimum absolute atomic E-state index is 0.190. The largest absolute Gasteiger partial charge is 0.292 e. The van der Waals surface area contributed by atoms with Crippen molar-refractivity contribution >= 4 is 11.6 Å². The zero-order valence-electron chi connectivity index (χ0n) is 15.7. The van der Waals surface area contributed by atoms with Crippen LogP contribution in [-0.4, -0.2) is 11.6 Å². The smallest absolute Gasteiger partial charge is 0.185 e. The number of rotatable bonds is 4. The van der Waals surface area contributed by atoms with Crippen LogP contribution in [0.15, 0.2) is 109 Å². The highest BCUT2D eigenvalue weighted by atomic mass is 16.2. The highest BCUT2D eigenvalue weighted by Gasteiger charge is 2.54. The number of Topliss-reactive ketones (excluding diaryl/α,β-unsaturated/α-hetero) is 2. The van der Waals surface area contributed by atoms with Gasteiger partial charge in [-0.15, -0.1) is 0 Å². The maximum Gasteiger partial charge on any atom is 0.185 e. The van der Waals surface area contributed by atoms with E-state index in [2.05, 4.69) is 0 Å². The van der Waals surface area contributed by atoms with Crippen LogP contribution in [0.3, 0.4) is 0 Å². The van der Waals surface area contributed by atoms with Crippen molar-refractivity contribution in [3.8, 4) is 11.1 Å². The minimum atomic E-state index is -1.39. The summed E-state index contributed by atoms with van der Waals surface area (Å²) in [7, 11) is 0. The Balaban J connectivity index is 1.88. The van der Waals surface area contributed by atoms with Crippen molar-refractivity contribution in [2.45, 2.75) is 5.41 Å². The Hall–Kier alpha value is -3.78. The van der Waals surface area contributed by atoms with E-state index < -0.39 is 5.41 Å². The van der Waals surface area contributed by atoms with Crippen LogP contribution in [0.5, 0.6) is 0 Å². The molecular weight excluding hydrogens is 356 g/mol. The molecule has 0 amide bonds. The molecule has 4 aromatic rings. The molecule has 0 fully saturated rings. The zero-order valence-corrected chi connectivity index (χ0v) is 15.7. The third kappa shape index (κ3) is 2.43. The Morgan fingerprint density at radius 1 is 0.448 bits per heavy atom. The molecule has 4 aromatic carbocycles. The molecule has 0 atom stereocenters. The van der Waals surface area contributed by atoms with E-state index in [-0.39, 0.29) is 11.6 Å². The summed E-state index contributed by atoms with van der Waals surface area (Å²) in [6.45, 7) is 0. The van der Waals surface area contributed by atoms with Gasteiger partial charge in [0.2, 0.25) is 0 Å². The van der Waals surface area contributed by atoms with Gasteiger partial charge >= 0.3 is 0 Å². The van der Waals surface area contributed by atoms with Gasteiger partial charge in [-0.1, -0.05) is 109 Å². The first-order valence-corrected chi connectivity index (χ1v) is 9.63. The molecule has 1 aliphatic carbocycles. The van der Waals surface area contributed by atoms with E-state index in [1.807, 2.05) is 84.9 Å². The van der Waals surface area contributed by atoms with Crippen molar-refractivity contribution in [1.82, 2.24) is 0 Å². The molecule has 0 heterocycles. The lowest BCUT2D eigenvalue weighted by molar-refractivity contribution is 0.0800. The summed E-state index contributed by atoms with van der Waals surface area (Å²) >= 11 is 0. The van der Waals surface area contributed by atoms with Crippen LogP contribution in [0.4, 0.5) is 0 Å². The lowest BCUT2D eigenvalue weighted by Crippen LogP contribution is -2.43. The van der Waals surface area contributed by atoms with Crippen molar-refractivity contribution in [3.63, 3.8) is 0 Å². The number of carbonyl (C=O) groups excluding carboxylic acids is 2. The van der Waals surface area contributed by atoms with Crippen LogP contribution in [0.25, 0.3) is 11.1 Å². The Kier molecular flexibility index (Phi) is 3.99. The molecule has 0 spiro atoms. The van der Waals surface area contributed by atoms with Crippen molar-refractivity contribution in [2.75, 3.05) is 0 Å². The molecule has 0 aliphatic heterocycles. The van der Waals surface area contributed by atoms with Crippen molar-refractivity contribution in [2.24, 2.45) is 0 Å². The van der Waals surface area contributed by atoms with Gasteiger partial charge < -0.3 is 0 Å². The third-order valence-electron chi connectivity index (χ3n) is 5.71. The molecule has 0 saturated heterocycles. The number of hydrogen-bond donors (Lipinski definition) is 0. The summed E-state index contributed by atoms with van der Waals surface area (Å²) in [5.41, 5.74) is 3.06. The molecule has 0 radical (unpaired) electrons. The third-order valence-corrected chi connectivity index (χ3v) is 5.71. The fourth-order valence-corrected chi connectivity index (χ4v) is 4.44.